The molecule has 194 valence electrons. The molecule has 36 heavy (non-hydrogen) atoms. The summed E-state index contributed by atoms with van der Waals surface area (Å²) in [6.07, 6.45) is 5.04. The summed E-state index contributed by atoms with van der Waals surface area (Å²) < 4.78 is 45.0. The van der Waals surface area contributed by atoms with Gasteiger partial charge in [-0.25, -0.2) is 18.2 Å². The van der Waals surface area contributed by atoms with E-state index >= 15 is 8.78 Å². The molecule has 1 saturated heterocycles. The Bertz CT molecular complexity index is 1070. The summed E-state index contributed by atoms with van der Waals surface area (Å²) in [6, 6.07) is 10.6. The second-order valence-electron chi connectivity index (χ2n) is 8.73. The molecular weight excluding hydrogens is 481 g/mol. The van der Waals surface area contributed by atoms with Crippen LogP contribution in [0.1, 0.15) is 44.7 Å². The molecule has 0 aromatic heterocycles. The second kappa shape index (κ2) is 13.6. The summed E-state index contributed by atoms with van der Waals surface area (Å²) in [5.41, 5.74) is 3.27. The number of anilines is 1. The molecule has 1 N–H and O–H groups in total. The van der Waals surface area contributed by atoms with Crippen LogP contribution in [0.4, 0.5) is 18.9 Å². The molecule has 0 amide bonds. The highest BCUT2D eigenvalue weighted by Crippen LogP contribution is 2.36. The van der Waals surface area contributed by atoms with Crippen molar-refractivity contribution in [2.45, 2.75) is 57.6 Å². The molecule has 1 heterocycles. The maximum atomic E-state index is 15.1. The van der Waals surface area contributed by atoms with Gasteiger partial charge in [0.2, 0.25) is 0 Å². The summed E-state index contributed by atoms with van der Waals surface area (Å²) in [5, 5.41) is 3.15. The van der Waals surface area contributed by atoms with Crippen LogP contribution < -0.4 is 5.32 Å². The van der Waals surface area contributed by atoms with Gasteiger partial charge in [-0.05, 0) is 68.0 Å². The van der Waals surface area contributed by atoms with Crippen LogP contribution in [-0.4, -0.2) is 41.2 Å². The van der Waals surface area contributed by atoms with Gasteiger partial charge in [0.05, 0.1) is 0 Å². The number of nitrogens with zero attached hydrogens (tertiary/aromatic N) is 3. The van der Waals surface area contributed by atoms with Crippen LogP contribution in [0, 0.1) is 11.6 Å². The SMILES string of the molecule is C=C(CCC)N(Sc1c(F)cc(NCc2ccccc2CCN2CC(F)C2)cc1F)/C(=C/C)N=CC. The zero-order valence-corrected chi connectivity index (χ0v) is 22.1. The van der Waals surface area contributed by atoms with Crippen molar-refractivity contribution in [1.29, 1.82) is 0 Å². The predicted octanol–water partition coefficient (Wildman–Crippen LogP) is 7.35. The summed E-state index contributed by atoms with van der Waals surface area (Å²) in [5.74, 6) is -0.738. The summed E-state index contributed by atoms with van der Waals surface area (Å²) >= 11 is 0.948. The molecule has 0 spiro atoms. The lowest BCUT2D eigenvalue weighted by Crippen LogP contribution is -2.48. The zero-order valence-electron chi connectivity index (χ0n) is 21.2. The first-order valence-electron chi connectivity index (χ1n) is 12.3. The molecule has 0 unspecified atom stereocenters. The lowest BCUT2D eigenvalue weighted by Gasteiger charge is -2.34. The average Bonchev–Trinajstić information content (AvgIpc) is 2.84. The minimum Gasteiger partial charge on any atom is -0.381 e. The Labute approximate surface area is 217 Å². The first kappa shape index (κ1) is 27.9. The number of aliphatic imine (C=N–C) groups is 1. The van der Waals surface area contributed by atoms with Crippen molar-refractivity contribution in [2.75, 3.05) is 25.0 Å². The number of hydrogen-bond acceptors (Lipinski definition) is 5. The van der Waals surface area contributed by atoms with Crippen molar-refractivity contribution >= 4 is 23.8 Å². The standard InChI is InChI=1S/C28H35F3N4S/c1-5-10-20(4)35(27(6-2)32-7-3)36-28-25(30)15-24(16-26(28)31)33-17-22-12-9-8-11-21(22)13-14-34-18-23(29)19-34/h6-9,11-12,15-16,23,33H,4-5,10,13-14,17-19H2,1-3H3/b27-6+,32-7?. The van der Waals surface area contributed by atoms with E-state index in [1.54, 1.807) is 23.5 Å². The highest BCUT2D eigenvalue weighted by Gasteiger charge is 2.25. The number of allylic oxidation sites excluding steroid dienone is 2. The van der Waals surface area contributed by atoms with Gasteiger partial charge in [-0.1, -0.05) is 44.2 Å². The van der Waals surface area contributed by atoms with Crippen LogP contribution >= 0.6 is 11.9 Å². The van der Waals surface area contributed by atoms with Gasteiger partial charge in [-0.15, -0.1) is 0 Å². The second-order valence-corrected chi connectivity index (χ2v) is 9.69. The van der Waals surface area contributed by atoms with Gasteiger partial charge < -0.3 is 5.32 Å². The number of benzene rings is 2. The summed E-state index contributed by atoms with van der Waals surface area (Å²) in [4.78, 5) is 6.31. The molecule has 1 aliphatic heterocycles. The zero-order chi connectivity index (χ0) is 26.1. The van der Waals surface area contributed by atoms with Crippen molar-refractivity contribution in [1.82, 2.24) is 9.21 Å². The van der Waals surface area contributed by atoms with Crippen LogP contribution in [0.15, 0.2) is 70.5 Å². The Morgan fingerprint density at radius 1 is 1.19 bits per heavy atom. The Hall–Kier alpha value is -2.71. The van der Waals surface area contributed by atoms with E-state index in [-0.39, 0.29) is 4.90 Å². The fraction of sp³-hybridized carbons (Fsp3) is 0.393. The van der Waals surface area contributed by atoms with Crippen molar-refractivity contribution in [3.63, 3.8) is 0 Å². The third kappa shape index (κ3) is 7.40. The molecule has 2 aromatic carbocycles. The minimum atomic E-state index is -0.714. The van der Waals surface area contributed by atoms with Crippen molar-refractivity contribution in [2.24, 2.45) is 4.99 Å². The molecule has 1 fully saturated rings. The number of likely N-dealkylation sites (tertiary alicyclic amines) is 1. The fourth-order valence-electron chi connectivity index (χ4n) is 4.02. The smallest absolute Gasteiger partial charge is 0.143 e. The van der Waals surface area contributed by atoms with Gasteiger partial charge in [0.25, 0.3) is 0 Å². The Balaban J connectivity index is 1.71. The van der Waals surface area contributed by atoms with Crippen molar-refractivity contribution in [3.8, 4) is 0 Å². The van der Waals surface area contributed by atoms with Gasteiger partial charge >= 0.3 is 0 Å². The molecular formula is C28H35F3N4S. The van der Waals surface area contributed by atoms with E-state index in [0.717, 1.165) is 48.2 Å². The van der Waals surface area contributed by atoms with E-state index in [1.807, 2.05) is 38.1 Å². The number of alkyl halides is 1. The lowest BCUT2D eigenvalue weighted by molar-refractivity contribution is 0.0670. The van der Waals surface area contributed by atoms with E-state index in [2.05, 4.69) is 21.8 Å². The third-order valence-electron chi connectivity index (χ3n) is 5.95. The van der Waals surface area contributed by atoms with Crippen molar-refractivity contribution < 1.29 is 13.2 Å². The van der Waals surface area contributed by atoms with Crippen molar-refractivity contribution in [3.05, 3.63) is 83.3 Å². The molecule has 4 nitrogen and oxygen atoms in total. The van der Waals surface area contributed by atoms with E-state index in [4.69, 9.17) is 0 Å². The minimum absolute atomic E-state index is 0.107. The van der Waals surface area contributed by atoms with E-state index in [9.17, 15) is 4.39 Å². The third-order valence-corrected chi connectivity index (χ3v) is 7.15. The van der Waals surface area contributed by atoms with Crippen LogP contribution in [-0.2, 0) is 13.0 Å². The first-order valence-corrected chi connectivity index (χ1v) is 13.1. The van der Waals surface area contributed by atoms with E-state index in [0.29, 0.717) is 37.6 Å². The number of hydrogen-bond donors (Lipinski definition) is 1. The van der Waals surface area contributed by atoms with E-state index < -0.39 is 17.8 Å². The molecule has 0 radical (unpaired) electrons. The highest BCUT2D eigenvalue weighted by molar-refractivity contribution is 7.97. The highest BCUT2D eigenvalue weighted by atomic mass is 32.2. The van der Waals surface area contributed by atoms with Gasteiger partial charge in [0.15, 0.2) is 0 Å². The molecule has 0 aliphatic carbocycles. The fourth-order valence-corrected chi connectivity index (χ4v) is 4.96. The lowest BCUT2D eigenvalue weighted by atomic mass is 10.0. The monoisotopic (exact) mass is 516 g/mol. The Morgan fingerprint density at radius 2 is 1.86 bits per heavy atom. The number of halogens is 3. The maximum absolute atomic E-state index is 15.1. The number of rotatable bonds is 13. The summed E-state index contributed by atoms with van der Waals surface area (Å²) in [6.45, 7) is 11.9. The molecule has 0 atom stereocenters. The quantitative estimate of drug-likeness (QED) is 0.223. The summed E-state index contributed by atoms with van der Waals surface area (Å²) in [7, 11) is 0. The van der Waals surface area contributed by atoms with Gasteiger partial charge in [-0.3, -0.25) is 9.21 Å². The van der Waals surface area contributed by atoms with Gasteiger partial charge in [0, 0.05) is 43.8 Å². The van der Waals surface area contributed by atoms with Gasteiger partial charge in [0.1, 0.15) is 28.5 Å². The van der Waals surface area contributed by atoms with Crippen LogP contribution in [0.3, 0.4) is 0 Å². The average molecular weight is 517 g/mol. The van der Waals surface area contributed by atoms with Crippen LogP contribution in [0.5, 0.6) is 0 Å². The van der Waals surface area contributed by atoms with Gasteiger partial charge in [-0.2, -0.15) is 0 Å². The van der Waals surface area contributed by atoms with E-state index in [1.165, 1.54) is 12.1 Å². The topological polar surface area (TPSA) is 30.9 Å². The Kier molecular flexibility index (Phi) is 10.5. The molecule has 2 aromatic rings. The number of nitrogens with one attached hydrogen (secondary N) is 1. The normalized spacial score (nSPS) is 14.8. The van der Waals surface area contributed by atoms with Crippen LogP contribution in [0.2, 0.25) is 0 Å². The molecule has 8 heteroatoms. The maximum Gasteiger partial charge on any atom is 0.143 e. The Morgan fingerprint density at radius 3 is 2.44 bits per heavy atom. The largest absolute Gasteiger partial charge is 0.381 e. The molecule has 1 aliphatic rings. The molecule has 0 saturated carbocycles. The first-order chi connectivity index (χ1) is 17.4. The predicted molar refractivity (Wildman–Crippen MR) is 145 cm³/mol. The molecule has 3 rings (SSSR count). The molecule has 0 bridgehead atoms. The van der Waals surface area contributed by atoms with Crippen LogP contribution in [0.25, 0.3) is 0 Å².